The van der Waals surface area contributed by atoms with Crippen LogP contribution in [0, 0.1) is 6.92 Å². The molecule has 1 unspecified atom stereocenters. The number of quaternary nitrogens is 1. The molecule has 0 spiro atoms. The number of nitrogens with one attached hydrogen (secondary N) is 1. The van der Waals surface area contributed by atoms with Crippen LogP contribution in [-0.4, -0.2) is 68.0 Å². The highest BCUT2D eigenvalue weighted by Gasteiger charge is 2.52. The number of likely N-dealkylation sites (N-methyl/N-ethyl adjacent to an activating group) is 1. The summed E-state index contributed by atoms with van der Waals surface area (Å²) in [6.45, 7) is 0.912. The van der Waals surface area contributed by atoms with Gasteiger partial charge in [0.05, 0.1) is 38.5 Å². The zero-order valence-electron chi connectivity index (χ0n) is 16.9. The highest BCUT2D eigenvalue weighted by atomic mass is 32.2. The number of hydrogen-bond donors (Lipinski definition) is 1. The van der Waals surface area contributed by atoms with Gasteiger partial charge in [0.15, 0.2) is 6.67 Å². The first kappa shape index (κ1) is 22.6. The van der Waals surface area contributed by atoms with E-state index < -0.39 is 44.6 Å². The maximum Gasteiger partial charge on any atom is 0.420 e. The molecule has 0 aliphatic carbocycles. The van der Waals surface area contributed by atoms with Crippen LogP contribution in [0.3, 0.4) is 0 Å². The largest absolute Gasteiger partial charge is 0.452 e. The van der Waals surface area contributed by atoms with E-state index in [4.69, 9.17) is 0 Å². The highest BCUT2D eigenvalue weighted by Crippen LogP contribution is 2.38. The number of amides is 2. The van der Waals surface area contributed by atoms with Crippen molar-refractivity contribution in [3.63, 3.8) is 0 Å². The molecule has 0 bridgehead atoms. The van der Waals surface area contributed by atoms with Gasteiger partial charge in [0.1, 0.15) is 0 Å². The second-order valence-corrected chi connectivity index (χ2v) is 8.61. The average molecular weight is 462 g/mol. The summed E-state index contributed by atoms with van der Waals surface area (Å²) in [6.07, 6.45) is -4.87. The third kappa shape index (κ3) is 3.72. The van der Waals surface area contributed by atoms with Gasteiger partial charge >= 0.3 is 12.3 Å². The van der Waals surface area contributed by atoms with Crippen LogP contribution >= 0.6 is 0 Å². The van der Waals surface area contributed by atoms with E-state index in [1.807, 2.05) is 4.72 Å². The Balaban J connectivity index is 2.14. The number of amidine groups is 1. The number of benzene rings is 1. The van der Waals surface area contributed by atoms with E-state index in [2.05, 4.69) is 9.73 Å². The minimum atomic E-state index is -4.83. The number of para-hydroxylation sites is 1. The van der Waals surface area contributed by atoms with Crippen LogP contribution in [0.25, 0.3) is 0 Å². The van der Waals surface area contributed by atoms with Crippen LogP contribution in [0.5, 0.6) is 0 Å². The number of sulfonamides is 1. The Hall–Kier alpha value is -3.13. The lowest BCUT2D eigenvalue weighted by atomic mass is 10.1. The molecule has 2 aliphatic rings. The number of nitrogens with zero attached hydrogens (tertiary/aromatic N) is 4. The van der Waals surface area contributed by atoms with Crippen LogP contribution < -0.4 is 4.72 Å². The van der Waals surface area contributed by atoms with E-state index in [0.29, 0.717) is 4.90 Å². The van der Waals surface area contributed by atoms with Crippen molar-refractivity contribution in [1.29, 1.82) is 0 Å². The van der Waals surface area contributed by atoms with E-state index in [9.17, 15) is 31.2 Å². The number of alkyl halides is 3. The molecule has 0 saturated carbocycles. The number of carbonyl (C=O) groups is 2. The molecule has 0 aromatic heterocycles. The van der Waals surface area contributed by atoms with Gasteiger partial charge in [-0.25, -0.2) is 4.79 Å². The molecule has 3 rings (SSSR count). The topological polar surface area (TPSA) is 108 Å². The Bertz CT molecular complexity index is 1130. The number of methoxy groups -OCH3 is 1. The molecule has 1 N–H and O–H groups in total. The maximum absolute atomic E-state index is 13.4. The zero-order chi connectivity index (χ0) is 23.4. The third-order valence-electron chi connectivity index (χ3n) is 5.04. The summed E-state index contributed by atoms with van der Waals surface area (Å²) in [5.74, 6) is -0.496. The predicted molar refractivity (Wildman–Crippen MR) is 102 cm³/mol. The van der Waals surface area contributed by atoms with Crippen molar-refractivity contribution in [1.82, 2.24) is 9.91 Å². The van der Waals surface area contributed by atoms with E-state index in [1.54, 1.807) is 0 Å². The fourth-order valence-electron chi connectivity index (χ4n) is 3.19. The average Bonchev–Trinajstić information content (AvgIpc) is 2.89. The summed E-state index contributed by atoms with van der Waals surface area (Å²) in [4.78, 5) is 29.0. The van der Waals surface area contributed by atoms with Gasteiger partial charge < -0.3 is 4.74 Å². The van der Waals surface area contributed by atoms with Crippen molar-refractivity contribution in [2.24, 2.45) is 4.99 Å². The lowest BCUT2D eigenvalue weighted by molar-refractivity contribution is -0.974. The number of anilines is 1. The maximum atomic E-state index is 13.4. The first-order valence-corrected chi connectivity index (χ1v) is 10.2. The van der Waals surface area contributed by atoms with Gasteiger partial charge in [-0.1, -0.05) is 12.1 Å². The molecule has 168 valence electrons. The Morgan fingerprint density at radius 2 is 1.97 bits per heavy atom. The molecule has 0 radical (unpaired) electrons. The molecule has 2 heterocycles. The Labute approximate surface area is 175 Å². The number of ether oxygens (including phenoxy) is 1. The Morgan fingerprint density at radius 1 is 1.32 bits per heavy atom. The predicted octanol–water partition coefficient (Wildman–Crippen LogP) is 1.83. The summed E-state index contributed by atoms with van der Waals surface area (Å²) in [6, 6.07) is 3.17. The quantitative estimate of drug-likeness (QED) is 0.675. The normalized spacial score (nSPS) is 21.5. The number of aryl methyl sites for hydroxylation is 1. The van der Waals surface area contributed by atoms with Crippen molar-refractivity contribution < 1.29 is 40.5 Å². The Morgan fingerprint density at radius 3 is 2.55 bits per heavy atom. The molecule has 1 aromatic carbocycles. The first-order chi connectivity index (χ1) is 14.2. The van der Waals surface area contributed by atoms with Gasteiger partial charge in [-0.05, 0) is 18.6 Å². The number of carbonyl (C=O) groups excluding carboxylic acids is 2. The van der Waals surface area contributed by atoms with Crippen LogP contribution in [0.1, 0.15) is 11.1 Å². The molecule has 0 fully saturated rings. The smallest absolute Gasteiger partial charge is 0.420 e. The van der Waals surface area contributed by atoms with Crippen molar-refractivity contribution in [3.8, 4) is 0 Å². The van der Waals surface area contributed by atoms with Crippen LogP contribution in [0.15, 0.2) is 35.1 Å². The number of fused-ring (bicyclic) bond motifs is 1. The molecule has 10 nitrogen and oxygen atoms in total. The molecule has 2 amide bonds. The molecular weight excluding hydrogens is 443 g/mol. The fraction of sp³-hybridized carbons (Fsp3) is 0.353. The second-order valence-electron chi connectivity index (χ2n) is 7.04. The molecule has 31 heavy (non-hydrogen) atoms. The molecule has 0 saturated heterocycles. The van der Waals surface area contributed by atoms with Gasteiger partial charge in [-0.15, -0.1) is 0 Å². The SMILES string of the molecule is COC(=O)N1C[N+]2(C)C(=CC(=O)N2C)N=C1S(=O)(=O)Nc1c(C)cccc1C(F)(F)F. The Kier molecular flexibility index (Phi) is 5.26. The van der Waals surface area contributed by atoms with Crippen molar-refractivity contribution in [2.45, 2.75) is 13.1 Å². The highest BCUT2D eigenvalue weighted by molar-refractivity contribution is 8.07. The standard InChI is InChI=1S/C17H19F3N5O5S/c1-10-6-5-7-11(17(18,19)20)14(10)22-31(28,29)15-21-12-8-13(26)23(2)25(12,3)9-24(15)16(27)30-4/h5-8,22H,9H2,1-4H3/q+1. The summed E-state index contributed by atoms with van der Waals surface area (Å²) >= 11 is 0. The summed E-state index contributed by atoms with van der Waals surface area (Å²) in [7, 11) is -0.857. The van der Waals surface area contributed by atoms with Crippen molar-refractivity contribution >= 4 is 32.9 Å². The monoisotopic (exact) mass is 462 g/mol. The van der Waals surface area contributed by atoms with Crippen molar-refractivity contribution in [3.05, 3.63) is 41.2 Å². The van der Waals surface area contributed by atoms with Gasteiger partial charge in [0.25, 0.3) is 26.9 Å². The minimum Gasteiger partial charge on any atom is -0.452 e. The molecule has 14 heteroatoms. The number of halogens is 3. The molecule has 2 aliphatic heterocycles. The summed E-state index contributed by atoms with van der Waals surface area (Å²) in [5, 5.41) is 0.329. The molecule has 1 atom stereocenters. The lowest BCUT2D eigenvalue weighted by Gasteiger charge is -2.40. The third-order valence-corrected chi connectivity index (χ3v) is 6.30. The number of rotatable bonds is 2. The molecular formula is C17H19F3N5O5S+. The fourth-order valence-corrected chi connectivity index (χ4v) is 4.45. The van der Waals surface area contributed by atoms with Gasteiger partial charge in [-0.3, -0.25) is 9.52 Å². The number of hydrogen-bond acceptors (Lipinski definition) is 6. The van der Waals surface area contributed by atoms with Crippen LogP contribution in [0.2, 0.25) is 0 Å². The van der Waals surface area contributed by atoms with E-state index in [0.717, 1.165) is 25.3 Å². The molecule has 1 aromatic rings. The zero-order valence-corrected chi connectivity index (χ0v) is 17.7. The van der Waals surface area contributed by atoms with E-state index >= 15 is 0 Å². The van der Waals surface area contributed by atoms with Crippen LogP contribution in [0.4, 0.5) is 23.7 Å². The lowest BCUT2D eigenvalue weighted by Crippen LogP contribution is -2.63. The summed E-state index contributed by atoms with van der Waals surface area (Å²) in [5.41, 5.74) is -1.89. The van der Waals surface area contributed by atoms with E-state index in [-0.39, 0.29) is 22.6 Å². The van der Waals surface area contributed by atoms with E-state index in [1.165, 1.54) is 32.1 Å². The van der Waals surface area contributed by atoms with Gasteiger partial charge in [-0.2, -0.15) is 41.1 Å². The van der Waals surface area contributed by atoms with Gasteiger partial charge in [0, 0.05) is 0 Å². The summed E-state index contributed by atoms with van der Waals surface area (Å²) < 4.78 is 72.6. The van der Waals surface area contributed by atoms with Crippen molar-refractivity contribution in [2.75, 3.05) is 32.6 Å². The van der Waals surface area contributed by atoms with Crippen LogP contribution in [-0.2, 0) is 25.7 Å². The first-order valence-electron chi connectivity index (χ1n) is 8.72. The number of aliphatic imine (C=N–C) groups is 1. The second kappa shape index (κ2) is 7.23. The van der Waals surface area contributed by atoms with Gasteiger partial charge in [0.2, 0.25) is 0 Å². The minimum absolute atomic E-state index is 0.00569.